The first-order chi connectivity index (χ1) is 10.2. The van der Waals surface area contributed by atoms with Crippen molar-refractivity contribution in [3.8, 4) is 16.6 Å². The molecule has 0 aliphatic heterocycles. The number of nitrogens with zero attached hydrogens (tertiary/aromatic N) is 3. The summed E-state index contributed by atoms with van der Waals surface area (Å²) in [7, 11) is 0. The lowest BCUT2D eigenvalue weighted by Gasteiger charge is -2.12. The lowest BCUT2D eigenvalue weighted by molar-refractivity contribution is 0.830. The molecule has 0 radical (unpaired) electrons. The first kappa shape index (κ1) is 15.5. The van der Waals surface area contributed by atoms with Crippen molar-refractivity contribution in [1.82, 2.24) is 9.97 Å². The largest absolute Gasteiger partial charge is 0.370 e. The maximum atomic E-state index is 8.99. The van der Waals surface area contributed by atoms with Gasteiger partial charge < -0.3 is 5.32 Å². The zero-order valence-electron chi connectivity index (χ0n) is 12.7. The molecule has 0 unspecified atom stereocenters. The quantitative estimate of drug-likeness (QED) is 0.870. The minimum absolute atomic E-state index is 0.711. The van der Waals surface area contributed by atoms with Crippen LogP contribution in [0.5, 0.6) is 0 Å². The van der Waals surface area contributed by atoms with Crippen molar-refractivity contribution in [3.63, 3.8) is 0 Å². The molecule has 1 N–H and O–H groups in total. The summed E-state index contributed by atoms with van der Waals surface area (Å²) in [4.78, 5) is 11.1. The van der Waals surface area contributed by atoms with Crippen LogP contribution in [0.25, 0.3) is 10.6 Å². The Kier molecular flexibility index (Phi) is 5.29. The predicted molar refractivity (Wildman–Crippen MR) is 87.6 cm³/mol. The molecule has 0 aromatic carbocycles. The molecular weight excluding hydrogens is 280 g/mol. The zero-order valence-corrected chi connectivity index (χ0v) is 13.5. The average Bonchev–Trinajstić information content (AvgIpc) is 2.96. The fraction of sp³-hybridized carbons (Fsp3) is 0.438. The number of nitriles is 1. The third-order valence-corrected chi connectivity index (χ3v) is 4.15. The summed E-state index contributed by atoms with van der Waals surface area (Å²) in [5.41, 5.74) is 1.99. The van der Waals surface area contributed by atoms with Gasteiger partial charge in [0.2, 0.25) is 0 Å². The number of thiophene rings is 1. The molecule has 4 nitrogen and oxygen atoms in total. The highest BCUT2D eigenvalue weighted by Crippen LogP contribution is 2.31. The van der Waals surface area contributed by atoms with E-state index in [0.29, 0.717) is 4.88 Å². The molecule has 110 valence electrons. The van der Waals surface area contributed by atoms with E-state index < -0.39 is 0 Å². The van der Waals surface area contributed by atoms with E-state index >= 15 is 0 Å². The number of rotatable bonds is 6. The van der Waals surface area contributed by atoms with Crippen molar-refractivity contribution < 1.29 is 0 Å². The van der Waals surface area contributed by atoms with E-state index in [2.05, 4.69) is 30.2 Å². The van der Waals surface area contributed by atoms with Gasteiger partial charge in [0.25, 0.3) is 0 Å². The van der Waals surface area contributed by atoms with Gasteiger partial charge >= 0.3 is 0 Å². The predicted octanol–water partition coefficient (Wildman–Crippen LogP) is 4.16. The van der Waals surface area contributed by atoms with Gasteiger partial charge in [-0.1, -0.05) is 13.8 Å². The molecule has 0 fully saturated rings. The van der Waals surface area contributed by atoms with Crippen LogP contribution in [0.15, 0.2) is 12.1 Å². The molecule has 2 rings (SSSR count). The topological polar surface area (TPSA) is 61.6 Å². The Morgan fingerprint density at radius 3 is 2.67 bits per heavy atom. The highest BCUT2D eigenvalue weighted by molar-refractivity contribution is 7.16. The van der Waals surface area contributed by atoms with Gasteiger partial charge in [-0.25, -0.2) is 9.97 Å². The van der Waals surface area contributed by atoms with Crippen molar-refractivity contribution in [3.05, 3.63) is 28.4 Å². The molecule has 5 heteroatoms. The fourth-order valence-electron chi connectivity index (χ4n) is 2.08. The number of hydrogen-bond acceptors (Lipinski definition) is 5. The fourth-order valence-corrected chi connectivity index (χ4v) is 2.93. The smallest absolute Gasteiger partial charge is 0.133 e. The second-order valence-corrected chi connectivity index (χ2v) is 6.00. The molecule has 0 aliphatic rings. The molecule has 2 aromatic rings. The van der Waals surface area contributed by atoms with Gasteiger partial charge in [0.05, 0.1) is 10.6 Å². The first-order valence-corrected chi connectivity index (χ1v) is 8.12. The third-order valence-electron chi connectivity index (χ3n) is 3.16. The maximum Gasteiger partial charge on any atom is 0.133 e. The van der Waals surface area contributed by atoms with Gasteiger partial charge in [0.1, 0.15) is 22.6 Å². The molecule has 0 aliphatic carbocycles. The summed E-state index contributed by atoms with van der Waals surface area (Å²) >= 11 is 1.48. The Labute approximate surface area is 129 Å². The molecule has 0 saturated carbocycles. The Morgan fingerprint density at radius 2 is 2.05 bits per heavy atom. The maximum absolute atomic E-state index is 8.99. The number of aromatic nitrogens is 2. The number of anilines is 1. The summed E-state index contributed by atoms with van der Waals surface area (Å²) in [6.07, 6.45) is 2.94. The van der Waals surface area contributed by atoms with E-state index in [1.54, 1.807) is 0 Å². The van der Waals surface area contributed by atoms with Crippen molar-refractivity contribution >= 4 is 17.2 Å². The van der Waals surface area contributed by atoms with Crippen LogP contribution in [0.1, 0.15) is 43.0 Å². The van der Waals surface area contributed by atoms with Gasteiger partial charge in [-0.2, -0.15) is 5.26 Å². The number of nitrogens with one attached hydrogen (secondary N) is 1. The van der Waals surface area contributed by atoms with E-state index in [1.807, 2.05) is 19.1 Å². The van der Waals surface area contributed by atoms with Crippen LogP contribution in [0.4, 0.5) is 5.82 Å². The molecule has 0 amide bonds. The molecule has 21 heavy (non-hydrogen) atoms. The summed E-state index contributed by atoms with van der Waals surface area (Å²) in [5, 5.41) is 12.4. The van der Waals surface area contributed by atoms with Crippen LogP contribution in [0, 0.1) is 18.3 Å². The molecule has 0 bridgehead atoms. The van der Waals surface area contributed by atoms with Crippen molar-refractivity contribution in [2.75, 3.05) is 11.9 Å². The second-order valence-electron chi connectivity index (χ2n) is 4.91. The van der Waals surface area contributed by atoms with Gasteiger partial charge in [0.15, 0.2) is 0 Å². The van der Waals surface area contributed by atoms with E-state index in [1.165, 1.54) is 11.3 Å². The zero-order chi connectivity index (χ0) is 15.2. The van der Waals surface area contributed by atoms with E-state index in [0.717, 1.165) is 53.6 Å². The number of aryl methyl sites for hydroxylation is 1. The van der Waals surface area contributed by atoms with Crippen LogP contribution in [0.3, 0.4) is 0 Å². The second kappa shape index (κ2) is 7.19. The molecule has 0 spiro atoms. The molecule has 2 heterocycles. The Morgan fingerprint density at radius 1 is 1.24 bits per heavy atom. The summed E-state index contributed by atoms with van der Waals surface area (Å²) in [6.45, 7) is 7.20. The van der Waals surface area contributed by atoms with Crippen LogP contribution in [0.2, 0.25) is 0 Å². The van der Waals surface area contributed by atoms with Gasteiger partial charge in [-0.3, -0.25) is 0 Å². The molecule has 0 atom stereocenters. The van der Waals surface area contributed by atoms with Crippen molar-refractivity contribution in [1.29, 1.82) is 5.26 Å². The minimum atomic E-state index is 0.711. The Bertz CT molecular complexity index is 655. The summed E-state index contributed by atoms with van der Waals surface area (Å²) in [6, 6.07) is 6.00. The molecule has 2 aromatic heterocycles. The van der Waals surface area contributed by atoms with Crippen LogP contribution >= 0.6 is 11.3 Å². The normalized spacial score (nSPS) is 10.4. The van der Waals surface area contributed by atoms with Gasteiger partial charge in [-0.05, 0) is 31.9 Å². The van der Waals surface area contributed by atoms with Gasteiger partial charge in [0, 0.05) is 18.5 Å². The third kappa shape index (κ3) is 3.59. The van der Waals surface area contributed by atoms with E-state index in [9.17, 15) is 0 Å². The number of hydrogen-bond donors (Lipinski definition) is 1. The van der Waals surface area contributed by atoms with E-state index in [4.69, 9.17) is 10.2 Å². The monoisotopic (exact) mass is 300 g/mol. The summed E-state index contributed by atoms with van der Waals surface area (Å²) in [5.74, 6) is 1.78. The lowest BCUT2D eigenvalue weighted by atomic mass is 10.2. The van der Waals surface area contributed by atoms with Gasteiger partial charge in [-0.15, -0.1) is 11.3 Å². The Hall–Kier alpha value is -1.93. The Balaban J connectivity index is 2.47. The van der Waals surface area contributed by atoms with Crippen molar-refractivity contribution in [2.45, 2.75) is 40.0 Å². The first-order valence-electron chi connectivity index (χ1n) is 7.31. The van der Waals surface area contributed by atoms with Crippen LogP contribution in [-0.2, 0) is 6.42 Å². The lowest BCUT2D eigenvalue weighted by Crippen LogP contribution is -2.08. The van der Waals surface area contributed by atoms with Crippen LogP contribution < -0.4 is 5.32 Å². The summed E-state index contributed by atoms with van der Waals surface area (Å²) < 4.78 is 0. The molecule has 0 saturated heterocycles. The van der Waals surface area contributed by atoms with Crippen LogP contribution in [-0.4, -0.2) is 16.5 Å². The average molecular weight is 300 g/mol. The highest BCUT2D eigenvalue weighted by atomic mass is 32.1. The molecular formula is C16H20N4S. The van der Waals surface area contributed by atoms with Crippen molar-refractivity contribution in [2.24, 2.45) is 0 Å². The van der Waals surface area contributed by atoms with E-state index in [-0.39, 0.29) is 0 Å². The SMILES string of the molecule is CCCNc1nc(CCC)nc(-c2ccc(C#N)s2)c1C. The minimum Gasteiger partial charge on any atom is -0.370 e. The highest BCUT2D eigenvalue weighted by Gasteiger charge is 2.14. The standard InChI is InChI=1S/C16H20N4S/c1-4-6-14-19-15(13-8-7-12(10-17)21-13)11(3)16(20-14)18-9-5-2/h7-8H,4-6,9H2,1-3H3,(H,18,19,20).